The van der Waals surface area contributed by atoms with Gasteiger partial charge in [0.05, 0.1) is 24.7 Å². The fourth-order valence-electron chi connectivity index (χ4n) is 7.68. The summed E-state index contributed by atoms with van der Waals surface area (Å²) in [5.74, 6) is 3.24. The van der Waals surface area contributed by atoms with Crippen molar-refractivity contribution >= 4 is 5.97 Å². The van der Waals surface area contributed by atoms with Gasteiger partial charge in [0.15, 0.2) is 0 Å². The summed E-state index contributed by atoms with van der Waals surface area (Å²) < 4.78 is 5.16. The summed E-state index contributed by atoms with van der Waals surface area (Å²) >= 11 is 0. The second kappa shape index (κ2) is 6.77. The molecule has 0 unspecified atom stereocenters. The van der Waals surface area contributed by atoms with Gasteiger partial charge in [-0.25, -0.2) is 0 Å². The molecule has 148 valence electrons. The van der Waals surface area contributed by atoms with Crippen LogP contribution in [0.3, 0.4) is 0 Å². The highest BCUT2D eigenvalue weighted by Crippen LogP contribution is 2.66. The van der Waals surface area contributed by atoms with Crippen molar-refractivity contribution in [2.24, 2.45) is 35.0 Å². The van der Waals surface area contributed by atoms with E-state index in [1.54, 1.807) is 0 Å². The Bertz CT molecular complexity index is 548. The van der Waals surface area contributed by atoms with Crippen molar-refractivity contribution in [3.63, 3.8) is 0 Å². The van der Waals surface area contributed by atoms with E-state index in [1.165, 1.54) is 25.7 Å². The topological polar surface area (TPSA) is 66.8 Å². The summed E-state index contributed by atoms with van der Waals surface area (Å²) in [6, 6.07) is 0. The normalized spacial score (nSPS) is 50.5. The highest BCUT2D eigenvalue weighted by atomic mass is 16.5. The molecule has 0 bridgehead atoms. The molecule has 0 spiro atoms. The Morgan fingerprint density at radius 2 is 1.81 bits per heavy atom. The second-order valence-electron chi connectivity index (χ2n) is 9.91. The summed E-state index contributed by atoms with van der Waals surface area (Å²) in [5.41, 5.74) is -1.05. The van der Waals surface area contributed by atoms with E-state index in [-0.39, 0.29) is 23.9 Å². The maximum atomic E-state index is 12.1. The number of rotatable bonds is 3. The molecule has 0 aromatic rings. The van der Waals surface area contributed by atoms with Gasteiger partial charge >= 0.3 is 5.97 Å². The zero-order chi connectivity index (χ0) is 18.5. The van der Waals surface area contributed by atoms with E-state index in [2.05, 4.69) is 6.92 Å². The maximum absolute atomic E-state index is 12.1. The lowest BCUT2D eigenvalue weighted by Crippen LogP contribution is -2.54. The molecular weight excluding hydrogens is 328 g/mol. The fourth-order valence-corrected chi connectivity index (χ4v) is 7.68. The van der Waals surface area contributed by atoms with E-state index in [0.717, 1.165) is 43.9 Å². The number of carbonyl (C=O) groups is 1. The van der Waals surface area contributed by atoms with Crippen molar-refractivity contribution in [2.75, 3.05) is 6.61 Å². The molecule has 4 aliphatic rings. The van der Waals surface area contributed by atoms with Crippen LogP contribution < -0.4 is 0 Å². The number of carbonyl (C=O) groups excluding carboxylic acids is 1. The smallest absolute Gasteiger partial charge is 0.308 e. The third kappa shape index (κ3) is 2.83. The van der Waals surface area contributed by atoms with E-state index in [4.69, 9.17) is 4.74 Å². The first-order valence-corrected chi connectivity index (χ1v) is 10.9. The van der Waals surface area contributed by atoms with Crippen molar-refractivity contribution in [1.82, 2.24) is 0 Å². The molecule has 0 saturated heterocycles. The summed E-state index contributed by atoms with van der Waals surface area (Å²) in [4.78, 5) is 12.1. The van der Waals surface area contributed by atoms with Crippen LogP contribution >= 0.6 is 0 Å². The molecule has 0 heterocycles. The number of aliphatic hydroxyl groups excluding tert-OH is 1. The van der Waals surface area contributed by atoms with Gasteiger partial charge in [-0.15, -0.1) is 0 Å². The average molecular weight is 365 g/mol. The van der Waals surface area contributed by atoms with Gasteiger partial charge < -0.3 is 14.9 Å². The Balaban J connectivity index is 1.52. The van der Waals surface area contributed by atoms with Crippen molar-refractivity contribution in [3.05, 3.63) is 0 Å². The van der Waals surface area contributed by atoms with Crippen molar-refractivity contribution in [1.29, 1.82) is 0 Å². The zero-order valence-electron chi connectivity index (χ0n) is 16.5. The third-order valence-corrected chi connectivity index (χ3v) is 8.99. The molecule has 8 atom stereocenters. The quantitative estimate of drug-likeness (QED) is 0.750. The molecule has 0 aliphatic heterocycles. The van der Waals surface area contributed by atoms with E-state index >= 15 is 0 Å². The van der Waals surface area contributed by atoms with E-state index in [9.17, 15) is 15.0 Å². The van der Waals surface area contributed by atoms with Crippen LogP contribution in [0.4, 0.5) is 0 Å². The van der Waals surface area contributed by atoms with Crippen LogP contribution in [-0.2, 0) is 9.53 Å². The Morgan fingerprint density at radius 1 is 1.04 bits per heavy atom. The highest BCUT2D eigenvalue weighted by molar-refractivity contribution is 5.71. The molecule has 4 fully saturated rings. The lowest BCUT2D eigenvalue weighted by Gasteiger charge is -2.57. The highest BCUT2D eigenvalue weighted by Gasteiger charge is 2.63. The fraction of sp³-hybridized carbons (Fsp3) is 0.955. The minimum absolute atomic E-state index is 0.0807. The standard InChI is InChI=1S/C22H36O4/c1-3-26-20(24)13-22(25)11-9-19-18-6-4-14-12-15(23)5-7-16(14)17(18)8-10-21(19,22)2/h14-19,23,25H,3-13H2,1-2H3/t14-,15+,16-,17+,18+,19-,21-,22-/m0/s1. The predicted molar refractivity (Wildman–Crippen MR) is 99.3 cm³/mol. The minimum Gasteiger partial charge on any atom is -0.466 e. The molecule has 26 heavy (non-hydrogen) atoms. The number of hydrogen-bond donors (Lipinski definition) is 2. The molecule has 0 aromatic heterocycles. The number of ether oxygens (including phenoxy) is 1. The Kier molecular flexibility index (Phi) is 4.88. The van der Waals surface area contributed by atoms with Crippen LogP contribution in [0.1, 0.15) is 78.1 Å². The van der Waals surface area contributed by atoms with Gasteiger partial charge in [0.1, 0.15) is 0 Å². The molecule has 0 radical (unpaired) electrons. The van der Waals surface area contributed by atoms with E-state index in [0.29, 0.717) is 24.4 Å². The van der Waals surface area contributed by atoms with Gasteiger partial charge in [0.25, 0.3) is 0 Å². The maximum Gasteiger partial charge on any atom is 0.308 e. The number of hydrogen-bond acceptors (Lipinski definition) is 4. The summed E-state index contributed by atoms with van der Waals surface area (Å²) in [6.07, 6.45) is 9.72. The van der Waals surface area contributed by atoms with Crippen molar-refractivity contribution in [2.45, 2.75) is 89.8 Å². The van der Waals surface area contributed by atoms with Crippen LogP contribution in [-0.4, -0.2) is 34.5 Å². The molecule has 0 aromatic carbocycles. The van der Waals surface area contributed by atoms with Crippen LogP contribution in [0.25, 0.3) is 0 Å². The van der Waals surface area contributed by atoms with Crippen LogP contribution in [0.5, 0.6) is 0 Å². The first kappa shape index (κ1) is 18.7. The molecule has 4 aliphatic carbocycles. The number of esters is 1. The van der Waals surface area contributed by atoms with Gasteiger partial charge in [0, 0.05) is 0 Å². The SMILES string of the molecule is CCOC(=O)C[C@@]1(O)CC[C@H]2[C@@H]3CC[C@H]4C[C@H](O)CC[C@@H]4[C@H]3CC[C@@]21C. The second-order valence-corrected chi connectivity index (χ2v) is 9.91. The number of fused-ring (bicyclic) bond motifs is 5. The summed E-state index contributed by atoms with van der Waals surface area (Å²) in [7, 11) is 0. The molecular formula is C22H36O4. The van der Waals surface area contributed by atoms with Crippen LogP contribution in [0.2, 0.25) is 0 Å². The van der Waals surface area contributed by atoms with E-state index < -0.39 is 5.60 Å². The Morgan fingerprint density at radius 3 is 2.58 bits per heavy atom. The monoisotopic (exact) mass is 364 g/mol. The van der Waals surface area contributed by atoms with E-state index in [1.807, 2.05) is 6.92 Å². The van der Waals surface area contributed by atoms with Gasteiger partial charge in [-0.05, 0) is 99.7 Å². The van der Waals surface area contributed by atoms with Gasteiger partial charge in [0.2, 0.25) is 0 Å². The Hall–Kier alpha value is -0.610. The largest absolute Gasteiger partial charge is 0.466 e. The van der Waals surface area contributed by atoms with Gasteiger partial charge in [-0.1, -0.05) is 6.92 Å². The first-order chi connectivity index (χ1) is 12.4. The zero-order valence-corrected chi connectivity index (χ0v) is 16.5. The molecule has 4 rings (SSSR count). The Labute approximate surface area is 157 Å². The third-order valence-electron chi connectivity index (χ3n) is 8.99. The lowest BCUT2D eigenvalue weighted by molar-refractivity contribution is -0.164. The van der Waals surface area contributed by atoms with Crippen LogP contribution in [0.15, 0.2) is 0 Å². The number of aliphatic hydroxyl groups is 2. The molecule has 4 heteroatoms. The molecule has 4 nitrogen and oxygen atoms in total. The van der Waals surface area contributed by atoms with Crippen molar-refractivity contribution in [3.8, 4) is 0 Å². The van der Waals surface area contributed by atoms with Crippen molar-refractivity contribution < 1.29 is 19.7 Å². The van der Waals surface area contributed by atoms with Crippen LogP contribution in [0, 0.1) is 35.0 Å². The van der Waals surface area contributed by atoms with Gasteiger partial charge in [-0.3, -0.25) is 4.79 Å². The predicted octanol–water partition coefficient (Wildman–Crippen LogP) is 3.68. The molecule has 2 N–H and O–H groups in total. The van der Waals surface area contributed by atoms with Gasteiger partial charge in [-0.2, -0.15) is 0 Å². The summed E-state index contributed by atoms with van der Waals surface area (Å²) in [5, 5.41) is 21.5. The molecule has 4 saturated carbocycles. The average Bonchev–Trinajstić information content (AvgIpc) is 2.85. The lowest BCUT2D eigenvalue weighted by atomic mass is 9.49. The summed E-state index contributed by atoms with van der Waals surface area (Å²) in [6.45, 7) is 4.46. The minimum atomic E-state index is -0.894. The first-order valence-electron chi connectivity index (χ1n) is 10.9. The molecule has 0 amide bonds.